The minimum Gasteiger partial charge on any atom is -0.578 e. The van der Waals surface area contributed by atoms with E-state index < -0.39 is 11.5 Å². The molecule has 2 saturated heterocycles. The van der Waals surface area contributed by atoms with Crippen LogP contribution in [0.1, 0.15) is 45.2 Å². The Morgan fingerprint density at radius 2 is 1.95 bits per heavy atom. The van der Waals surface area contributed by atoms with Crippen LogP contribution in [0, 0.1) is 24.2 Å². The molecular formula is C26H35N9OS. The van der Waals surface area contributed by atoms with Crippen LogP contribution in [-0.4, -0.2) is 71.6 Å². The van der Waals surface area contributed by atoms with Crippen LogP contribution >= 0.6 is 0 Å². The highest BCUT2D eigenvalue weighted by atomic mass is 32.2. The Hall–Kier alpha value is -2.91. The maximum Gasteiger partial charge on any atom is 0.153 e. The summed E-state index contributed by atoms with van der Waals surface area (Å²) in [7, 11) is 2.11. The van der Waals surface area contributed by atoms with E-state index in [1.165, 1.54) is 0 Å². The number of H-pyrrole nitrogens is 1. The molecular weight excluding hydrogens is 486 g/mol. The highest BCUT2D eigenvalue weighted by Gasteiger charge is 2.48. The highest BCUT2D eigenvalue weighted by molar-refractivity contribution is 7.86. The molecule has 0 spiro atoms. The van der Waals surface area contributed by atoms with Gasteiger partial charge in [0.2, 0.25) is 0 Å². The average Bonchev–Trinajstić information content (AvgIpc) is 3.30. The molecule has 5 heterocycles. The summed E-state index contributed by atoms with van der Waals surface area (Å²) in [5, 5.41) is 20.7. The number of aryl methyl sites for hydroxylation is 1. The number of hydrogen-bond acceptors (Lipinski definition) is 9. The van der Waals surface area contributed by atoms with E-state index in [-0.39, 0.29) is 24.0 Å². The van der Waals surface area contributed by atoms with Crippen molar-refractivity contribution in [2.45, 2.75) is 64.6 Å². The number of rotatable bonds is 8. The average molecular weight is 522 g/mol. The molecule has 5 rings (SSSR count). The molecule has 2 N–H and O–H groups in total. The van der Waals surface area contributed by atoms with Crippen LogP contribution in [0.15, 0.2) is 30.5 Å². The summed E-state index contributed by atoms with van der Waals surface area (Å²) < 4.78 is 17.7. The molecule has 2 aliphatic rings. The van der Waals surface area contributed by atoms with Crippen molar-refractivity contribution in [3.8, 4) is 6.07 Å². The van der Waals surface area contributed by atoms with Gasteiger partial charge in [-0.05, 0) is 44.7 Å². The molecule has 37 heavy (non-hydrogen) atoms. The van der Waals surface area contributed by atoms with E-state index in [4.69, 9.17) is 10.2 Å². The number of piperidine rings is 1. The second-order valence-corrected chi connectivity index (χ2v) is 11.5. The minimum atomic E-state index is -1.21. The zero-order valence-corrected chi connectivity index (χ0v) is 22.7. The summed E-state index contributed by atoms with van der Waals surface area (Å²) in [5.41, 5.74) is 1.84. The van der Waals surface area contributed by atoms with Crippen LogP contribution in [0.3, 0.4) is 0 Å². The molecule has 0 radical (unpaired) electrons. The third kappa shape index (κ3) is 5.11. The van der Waals surface area contributed by atoms with Crippen molar-refractivity contribution in [2.75, 3.05) is 30.4 Å². The maximum absolute atomic E-state index is 13.5. The van der Waals surface area contributed by atoms with E-state index in [2.05, 4.69) is 62.7 Å². The monoisotopic (exact) mass is 521 g/mol. The Labute approximate surface area is 221 Å². The van der Waals surface area contributed by atoms with Gasteiger partial charge in [0.1, 0.15) is 23.2 Å². The van der Waals surface area contributed by atoms with Gasteiger partial charge in [0.05, 0.1) is 42.7 Å². The van der Waals surface area contributed by atoms with Crippen molar-refractivity contribution in [3.63, 3.8) is 0 Å². The predicted molar refractivity (Wildman–Crippen MR) is 146 cm³/mol. The van der Waals surface area contributed by atoms with E-state index in [0.717, 1.165) is 48.1 Å². The van der Waals surface area contributed by atoms with Gasteiger partial charge in [-0.1, -0.05) is 13.8 Å². The molecule has 0 amide bonds. The van der Waals surface area contributed by atoms with Crippen LogP contribution in [0.2, 0.25) is 0 Å². The van der Waals surface area contributed by atoms with Crippen LogP contribution in [0.25, 0.3) is 10.9 Å². The van der Waals surface area contributed by atoms with Gasteiger partial charge in [0.15, 0.2) is 5.82 Å². The third-order valence-corrected chi connectivity index (χ3v) is 9.30. The zero-order chi connectivity index (χ0) is 26.1. The predicted octanol–water partition coefficient (Wildman–Crippen LogP) is 3.90. The van der Waals surface area contributed by atoms with Gasteiger partial charge in [-0.3, -0.25) is 10.1 Å². The number of anilines is 3. The molecule has 10 nitrogen and oxygen atoms in total. The lowest BCUT2D eigenvalue weighted by molar-refractivity contribution is 0.129. The zero-order valence-electron chi connectivity index (χ0n) is 21.9. The Kier molecular flexibility index (Phi) is 7.53. The topological polar surface area (TPSA) is 123 Å². The Morgan fingerprint density at radius 1 is 1.22 bits per heavy atom. The first-order chi connectivity index (χ1) is 17.9. The number of aromatic amines is 1. The Morgan fingerprint density at radius 3 is 2.57 bits per heavy atom. The van der Waals surface area contributed by atoms with E-state index in [1.807, 2.05) is 29.4 Å². The smallest absolute Gasteiger partial charge is 0.153 e. The van der Waals surface area contributed by atoms with Crippen molar-refractivity contribution >= 4 is 39.9 Å². The van der Waals surface area contributed by atoms with Crippen LogP contribution in [0.5, 0.6) is 0 Å². The fraction of sp³-hybridized carbons (Fsp3) is 0.538. The van der Waals surface area contributed by atoms with Crippen molar-refractivity contribution in [1.82, 2.24) is 28.8 Å². The van der Waals surface area contributed by atoms with Gasteiger partial charge < -0.3 is 14.8 Å². The molecule has 3 atom stereocenters. The lowest BCUT2D eigenvalue weighted by atomic mass is 9.90. The minimum absolute atomic E-state index is 0.00740. The summed E-state index contributed by atoms with van der Waals surface area (Å²) in [4.78, 5) is 11.9. The Balaban J connectivity index is 1.41. The number of pyridine rings is 2. The number of fused-ring (bicyclic) bond motifs is 1. The molecule has 0 bridgehead atoms. The summed E-state index contributed by atoms with van der Waals surface area (Å²) >= 11 is -1.21. The molecule has 196 valence electrons. The van der Waals surface area contributed by atoms with Gasteiger partial charge >= 0.3 is 0 Å². The molecule has 3 aromatic rings. The number of nitriles is 1. The molecule has 2 aliphatic heterocycles. The van der Waals surface area contributed by atoms with E-state index in [1.54, 1.807) is 6.20 Å². The fourth-order valence-electron chi connectivity index (χ4n) is 5.45. The highest BCUT2D eigenvalue weighted by Crippen LogP contribution is 2.37. The molecule has 0 aromatic carbocycles. The normalized spacial score (nSPS) is 23.9. The Bertz CT molecular complexity index is 1260. The summed E-state index contributed by atoms with van der Waals surface area (Å²) in [6.45, 7) is 7.49. The van der Waals surface area contributed by atoms with Crippen LogP contribution in [0.4, 0.5) is 17.5 Å². The molecule has 3 aromatic heterocycles. The number of nitrogens with zero attached hydrogens (tertiary/aromatic N) is 7. The third-order valence-electron chi connectivity index (χ3n) is 7.61. The molecule has 0 saturated carbocycles. The van der Waals surface area contributed by atoms with Crippen molar-refractivity contribution in [3.05, 3.63) is 36.2 Å². The standard InChI is InChI=1S/C26H35N9OS/c1-5-19-11-21(12-20(6-2)35(19)37(36)34-15-18(14-27)16-34)33(4)26-22-8-7-9-28-23(22)13-24(30-26)29-25-10-17(3)31-32-25/h7-10,13,18-21H,5-6,11-12,15-16H2,1-4H3,(H2,29,30,31,32). The summed E-state index contributed by atoms with van der Waals surface area (Å²) in [6.07, 6.45) is 5.42. The van der Waals surface area contributed by atoms with Gasteiger partial charge in [0, 0.05) is 42.5 Å². The molecule has 11 heteroatoms. The largest absolute Gasteiger partial charge is 0.578 e. The van der Waals surface area contributed by atoms with Crippen LogP contribution in [-0.2, 0) is 11.5 Å². The fourth-order valence-corrected chi connectivity index (χ4v) is 7.31. The van der Waals surface area contributed by atoms with E-state index in [9.17, 15) is 4.55 Å². The van der Waals surface area contributed by atoms with Crippen molar-refractivity contribution in [2.24, 2.45) is 5.92 Å². The van der Waals surface area contributed by atoms with Gasteiger partial charge in [-0.15, -0.1) is 8.61 Å². The molecule has 2 fully saturated rings. The van der Waals surface area contributed by atoms with Crippen LogP contribution < -0.4 is 10.2 Å². The van der Waals surface area contributed by atoms with Gasteiger partial charge in [0.25, 0.3) is 0 Å². The lowest BCUT2D eigenvalue weighted by Gasteiger charge is -2.48. The van der Waals surface area contributed by atoms with Crippen molar-refractivity contribution in [1.29, 1.82) is 5.26 Å². The SMILES string of the molecule is CCC1CC(N(C)c2nc(Nc3cc(C)[nH]n3)cc3ncccc23)CC(CC)N1[S+]([O-])N1CC(C#N)C1. The summed E-state index contributed by atoms with van der Waals surface area (Å²) in [6, 6.07) is 10.8. The van der Waals surface area contributed by atoms with Gasteiger partial charge in [-0.25, -0.2) is 4.98 Å². The first-order valence-electron chi connectivity index (χ1n) is 13.0. The molecule has 3 unspecified atom stereocenters. The van der Waals surface area contributed by atoms with E-state index >= 15 is 0 Å². The second-order valence-electron chi connectivity index (χ2n) is 10.1. The number of hydrogen-bond donors (Lipinski definition) is 2. The maximum atomic E-state index is 13.5. The number of aromatic nitrogens is 4. The lowest BCUT2D eigenvalue weighted by Crippen LogP contribution is -2.62. The quantitative estimate of drug-likeness (QED) is 0.425. The van der Waals surface area contributed by atoms with Gasteiger partial charge in [-0.2, -0.15) is 10.4 Å². The molecule has 0 aliphatic carbocycles. The van der Waals surface area contributed by atoms with E-state index in [0.29, 0.717) is 24.7 Å². The number of nitrogens with one attached hydrogen (secondary N) is 2. The second kappa shape index (κ2) is 10.8. The first kappa shape index (κ1) is 25.7. The summed E-state index contributed by atoms with van der Waals surface area (Å²) in [5.74, 6) is 2.28. The van der Waals surface area contributed by atoms with Crippen molar-refractivity contribution < 1.29 is 4.55 Å². The first-order valence-corrected chi connectivity index (χ1v) is 14.1.